The molecule has 0 bridgehead atoms. The van der Waals surface area contributed by atoms with Crippen molar-refractivity contribution in [1.29, 1.82) is 0 Å². The summed E-state index contributed by atoms with van der Waals surface area (Å²) in [5.74, 6) is -1.62. The standard InChI is InChI=1S/C21H24F3N5O3S/c1-13-19(29-8-2-3-14(12-29)21(22,23)24)26-11-18(28-13)20(30)27-10-15-9-17(6-7-25-15)33(31,32)16-4-5-16/h6-7,9,11,14,16H,2-5,8,10,12H2,1H3,(H,27,30)/t14-/m1/s1. The zero-order valence-electron chi connectivity index (χ0n) is 18.0. The minimum atomic E-state index is -4.26. The number of halogens is 3. The SMILES string of the molecule is Cc1nc(C(=O)NCc2cc(S(=O)(=O)C3CC3)ccn2)cnc1N1CCC[C@@H](C(F)(F)F)C1. The van der Waals surface area contributed by atoms with Gasteiger partial charge in [-0.1, -0.05) is 0 Å². The summed E-state index contributed by atoms with van der Waals surface area (Å²) in [6, 6.07) is 2.89. The van der Waals surface area contributed by atoms with E-state index in [4.69, 9.17) is 0 Å². The Morgan fingerprint density at radius 1 is 1.24 bits per heavy atom. The Balaban J connectivity index is 1.41. The molecule has 4 rings (SSSR count). The quantitative estimate of drug-likeness (QED) is 0.674. The average Bonchev–Trinajstić information content (AvgIpc) is 3.63. The number of amides is 1. The summed E-state index contributed by atoms with van der Waals surface area (Å²) in [6.45, 7) is 1.86. The molecule has 3 heterocycles. The first-order chi connectivity index (χ1) is 15.6. The summed E-state index contributed by atoms with van der Waals surface area (Å²) in [7, 11) is -3.36. The lowest BCUT2D eigenvalue weighted by atomic mass is 9.97. The van der Waals surface area contributed by atoms with Gasteiger partial charge in [-0.15, -0.1) is 0 Å². The zero-order chi connectivity index (χ0) is 23.8. The second-order valence-corrected chi connectivity index (χ2v) is 10.6. The molecule has 2 aromatic heterocycles. The molecule has 1 N–H and O–H groups in total. The largest absolute Gasteiger partial charge is 0.393 e. The van der Waals surface area contributed by atoms with Gasteiger partial charge in [-0.3, -0.25) is 9.78 Å². The molecule has 1 aliphatic carbocycles. The number of hydrogen-bond acceptors (Lipinski definition) is 7. The number of anilines is 1. The lowest BCUT2D eigenvalue weighted by molar-refractivity contribution is -0.176. The number of sulfone groups is 1. The van der Waals surface area contributed by atoms with E-state index in [2.05, 4.69) is 20.3 Å². The van der Waals surface area contributed by atoms with E-state index in [1.54, 1.807) is 11.8 Å². The normalized spacial score (nSPS) is 19.4. The maximum absolute atomic E-state index is 13.1. The van der Waals surface area contributed by atoms with Crippen molar-refractivity contribution in [1.82, 2.24) is 20.3 Å². The van der Waals surface area contributed by atoms with E-state index in [-0.39, 0.29) is 35.3 Å². The molecule has 2 aromatic rings. The van der Waals surface area contributed by atoms with Crippen LogP contribution in [0.1, 0.15) is 47.6 Å². The molecule has 8 nitrogen and oxygen atoms in total. The van der Waals surface area contributed by atoms with Gasteiger partial charge < -0.3 is 10.2 Å². The maximum atomic E-state index is 13.1. The van der Waals surface area contributed by atoms with E-state index in [1.807, 2.05) is 0 Å². The van der Waals surface area contributed by atoms with Gasteiger partial charge in [-0.2, -0.15) is 13.2 Å². The second-order valence-electron chi connectivity index (χ2n) is 8.40. The summed E-state index contributed by atoms with van der Waals surface area (Å²) in [4.78, 5) is 26.8. The van der Waals surface area contributed by atoms with E-state index in [9.17, 15) is 26.4 Å². The molecule has 1 saturated heterocycles. The van der Waals surface area contributed by atoms with E-state index in [0.717, 1.165) is 0 Å². The summed E-state index contributed by atoms with van der Waals surface area (Å²) >= 11 is 0. The van der Waals surface area contributed by atoms with Gasteiger partial charge in [0.15, 0.2) is 9.84 Å². The van der Waals surface area contributed by atoms with Crippen molar-refractivity contribution in [2.75, 3.05) is 18.0 Å². The fourth-order valence-corrected chi connectivity index (χ4v) is 5.59. The van der Waals surface area contributed by atoms with Gasteiger partial charge >= 0.3 is 6.18 Å². The molecule has 0 spiro atoms. The Morgan fingerprint density at radius 2 is 2.00 bits per heavy atom. The number of pyridine rings is 1. The van der Waals surface area contributed by atoms with Gasteiger partial charge in [0.2, 0.25) is 0 Å². The lowest BCUT2D eigenvalue weighted by Crippen LogP contribution is -2.42. The monoisotopic (exact) mass is 483 g/mol. The molecule has 33 heavy (non-hydrogen) atoms. The minimum absolute atomic E-state index is 0.00523. The van der Waals surface area contributed by atoms with E-state index in [1.165, 1.54) is 24.5 Å². The molecule has 0 aromatic carbocycles. The summed E-state index contributed by atoms with van der Waals surface area (Å²) in [6.07, 6.45) is 0.153. The molecule has 12 heteroatoms. The average molecular weight is 484 g/mol. The Kier molecular flexibility index (Phi) is 6.30. The van der Waals surface area contributed by atoms with Crippen LogP contribution in [0.2, 0.25) is 0 Å². The van der Waals surface area contributed by atoms with Crippen molar-refractivity contribution >= 4 is 21.6 Å². The highest BCUT2D eigenvalue weighted by Crippen LogP contribution is 2.35. The molecule has 0 radical (unpaired) electrons. The van der Waals surface area contributed by atoms with E-state index < -0.39 is 27.8 Å². The predicted octanol–water partition coefficient (Wildman–Crippen LogP) is 2.82. The number of piperidine rings is 1. The first kappa shape index (κ1) is 23.4. The first-order valence-electron chi connectivity index (χ1n) is 10.7. The summed E-state index contributed by atoms with van der Waals surface area (Å²) in [5.41, 5.74) is 0.765. The molecule has 1 saturated carbocycles. The first-order valence-corrected chi connectivity index (χ1v) is 12.2. The van der Waals surface area contributed by atoms with Crippen LogP contribution in [0, 0.1) is 12.8 Å². The van der Waals surface area contributed by atoms with Gasteiger partial charge in [0, 0.05) is 19.3 Å². The fraction of sp³-hybridized carbons (Fsp3) is 0.524. The highest BCUT2D eigenvalue weighted by Gasteiger charge is 2.42. The molecule has 2 aliphatic rings. The Labute approximate surface area is 189 Å². The number of aryl methyl sites for hydroxylation is 1. The summed E-state index contributed by atoms with van der Waals surface area (Å²) < 4.78 is 64.1. The van der Waals surface area contributed by atoms with Crippen LogP contribution in [0.5, 0.6) is 0 Å². The Bertz CT molecular complexity index is 1150. The van der Waals surface area contributed by atoms with Crippen LogP contribution in [0.25, 0.3) is 0 Å². The molecule has 1 aliphatic heterocycles. The second kappa shape index (κ2) is 8.88. The zero-order valence-corrected chi connectivity index (χ0v) is 18.8. The predicted molar refractivity (Wildman–Crippen MR) is 113 cm³/mol. The van der Waals surface area contributed by atoms with Gasteiger partial charge in [0.05, 0.1) is 40.2 Å². The van der Waals surface area contributed by atoms with Gasteiger partial charge in [0.25, 0.3) is 5.91 Å². The van der Waals surface area contributed by atoms with Crippen LogP contribution in [0.15, 0.2) is 29.4 Å². The maximum Gasteiger partial charge on any atom is 0.393 e. The number of nitrogens with one attached hydrogen (secondary N) is 1. The van der Waals surface area contributed by atoms with Crippen molar-refractivity contribution in [2.45, 2.75) is 55.5 Å². The van der Waals surface area contributed by atoms with Gasteiger partial charge in [-0.05, 0) is 44.7 Å². The third-order valence-corrected chi connectivity index (χ3v) is 8.11. The highest BCUT2D eigenvalue weighted by molar-refractivity contribution is 7.92. The Hall–Kier alpha value is -2.76. The van der Waals surface area contributed by atoms with Crippen molar-refractivity contribution in [3.8, 4) is 0 Å². The third kappa shape index (κ3) is 5.26. The van der Waals surface area contributed by atoms with Crippen LogP contribution >= 0.6 is 0 Å². The molecular formula is C21H24F3N5O3S. The van der Waals surface area contributed by atoms with E-state index >= 15 is 0 Å². The molecule has 0 unspecified atom stereocenters. The number of hydrogen-bond donors (Lipinski definition) is 1. The number of alkyl halides is 3. The minimum Gasteiger partial charge on any atom is -0.355 e. The molecule has 2 fully saturated rings. The van der Waals surface area contributed by atoms with Crippen molar-refractivity contribution in [2.24, 2.45) is 5.92 Å². The van der Waals surface area contributed by atoms with Crippen LogP contribution in [0.4, 0.5) is 19.0 Å². The molecular weight excluding hydrogens is 459 g/mol. The third-order valence-electron chi connectivity index (χ3n) is 5.85. The highest BCUT2D eigenvalue weighted by atomic mass is 32.2. The van der Waals surface area contributed by atoms with Crippen LogP contribution in [0.3, 0.4) is 0 Å². The van der Waals surface area contributed by atoms with E-state index in [0.29, 0.717) is 43.0 Å². The van der Waals surface area contributed by atoms with Crippen molar-refractivity contribution in [3.05, 3.63) is 41.6 Å². The molecule has 1 amide bonds. The summed E-state index contributed by atoms with van der Waals surface area (Å²) in [5, 5.41) is 2.29. The van der Waals surface area contributed by atoms with Crippen LogP contribution < -0.4 is 10.2 Å². The van der Waals surface area contributed by atoms with Crippen LogP contribution in [-0.4, -0.2) is 53.8 Å². The molecule has 1 atom stereocenters. The van der Waals surface area contributed by atoms with Crippen LogP contribution in [-0.2, 0) is 16.4 Å². The lowest BCUT2D eigenvalue weighted by Gasteiger charge is -2.34. The number of nitrogens with zero attached hydrogens (tertiary/aromatic N) is 4. The number of aromatic nitrogens is 3. The smallest absolute Gasteiger partial charge is 0.355 e. The fourth-order valence-electron chi connectivity index (χ4n) is 3.89. The van der Waals surface area contributed by atoms with Gasteiger partial charge in [-0.25, -0.2) is 18.4 Å². The number of carbonyl (C=O) groups excluding carboxylic acids is 1. The topological polar surface area (TPSA) is 105 Å². The van der Waals surface area contributed by atoms with Crippen molar-refractivity contribution < 1.29 is 26.4 Å². The van der Waals surface area contributed by atoms with Crippen molar-refractivity contribution in [3.63, 3.8) is 0 Å². The number of rotatable bonds is 6. The number of carbonyl (C=O) groups is 1. The Morgan fingerprint density at radius 3 is 2.67 bits per heavy atom. The van der Waals surface area contributed by atoms with Gasteiger partial charge in [0.1, 0.15) is 11.5 Å². The molecule has 178 valence electrons.